The summed E-state index contributed by atoms with van der Waals surface area (Å²) >= 11 is 0. The van der Waals surface area contributed by atoms with E-state index in [4.69, 9.17) is 4.74 Å². The number of hydrogen-bond donors (Lipinski definition) is 2. The summed E-state index contributed by atoms with van der Waals surface area (Å²) in [7, 11) is 1.75. The van der Waals surface area contributed by atoms with Crippen LogP contribution in [0, 0.1) is 17.8 Å². The van der Waals surface area contributed by atoms with E-state index in [2.05, 4.69) is 10.6 Å². The van der Waals surface area contributed by atoms with Crippen LogP contribution < -0.4 is 10.6 Å². The van der Waals surface area contributed by atoms with Crippen molar-refractivity contribution in [2.75, 3.05) is 39.9 Å². The van der Waals surface area contributed by atoms with E-state index in [0.29, 0.717) is 0 Å². The fourth-order valence-electron chi connectivity index (χ4n) is 3.55. The van der Waals surface area contributed by atoms with Crippen molar-refractivity contribution in [3.8, 4) is 0 Å². The molecule has 3 unspecified atom stereocenters. The maximum absolute atomic E-state index is 4.99. The molecule has 3 heteroatoms. The number of hydrogen-bond acceptors (Lipinski definition) is 3. The Balaban J connectivity index is 1.39. The Labute approximate surface area is 106 Å². The minimum Gasteiger partial charge on any atom is -0.383 e. The van der Waals surface area contributed by atoms with Crippen molar-refractivity contribution in [3.63, 3.8) is 0 Å². The monoisotopic (exact) mass is 240 g/mol. The molecule has 0 aromatic heterocycles. The first kappa shape index (κ1) is 13.3. The van der Waals surface area contributed by atoms with Crippen LogP contribution >= 0.6 is 0 Å². The van der Waals surface area contributed by atoms with Crippen molar-refractivity contribution in [3.05, 3.63) is 0 Å². The van der Waals surface area contributed by atoms with Gasteiger partial charge >= 0.3 is 0 Å². The zero-order valence-corrected chi connectivity index (χ0v) is 11.2. The largest absolute Gasteiger partial charge is 0.383 e. The lowest BCUT2D eigenvalue weighted by Crippen LogP contribution is -2.29. The number of ether oxygens (including phenoxy) is 1. The van der Waals surface area contributed by atoms with Gasteiger partial charge in [-0.1, -0.05) is 6.42 Å². The van der Waals surface area contributed by atoms with Crippen LogP contribution in [0.25, 0.3) is 0 Å². The summed E-state index contributed by atoms with van der Waals surface area (Å²) in [6.07, 6.45) is 7.29. The molecule has 2 bridgehead atoms. The van der Waals surface area contributed by atoms with Gasteiger partial charge in [0.25, 0.3) is 0 Å². The van der Waals surface area contributed by atoms with Crippen molar-refractivity contribution in [2.24, 2.45) is 17.8 Å². The molecule has 3 nitrogen and oxygen atoms in total. The lowest BCUT2D eigenvalue weighted by Gasteiger charge is -2.21. The van der Waals surface area contributed by atoms with Gasteiger partial charge in [0.05, 0.1) is 6.61 Å². The van der Waals surface area contributed by atoms with Gasteiger partial charge in [-0.05, 0) is 63.1 Å². The molecule has 17 heavy (non-hydrogen) atoms. The van der Waals surface area contributed by atoms with E-state index in [1.54, 1.807) is 7.11 Å². The van der Waals surface area contributed by atoms with Crippen molar-refractivity contribution >= 4 is 0 Å². The maximum Gasteiger partial charge on any atom is 0.0587 e. The first-order valence-corrected chi connectivity index (χ1v) is 7.30. The lowest BCUT2D eigenvalue weighted by atomic mass is 9.89. The second-order valence-electron chi connectivity index (χ2n) is 5.74. The van der Waals surface area contributed by atoms with Gasteiger partial charge < -0.3 is 15.4 Å². The Bertz CT molecular complexity index is 210. The average Bonchev–Trinajstić information content (AvgIpc) is 2.94. The summed E-state index contributed by atoms with van der Waals surface area (Å²) in [5, 5.41) is 7.01. The van der Waals surface area contributed by atoms with E-state index >= 15 is 0 Å². The Hall–Kier alpha value is -0.120. The van der Waals surface area contributed by atoms with Crippen LogP contribution in [0.4, 0.5) is 0 Å². The Morgan fingerprint density at radius 3 is 2.65 bits per heavy atom. The fourth-order valence-corrected chi connectivity index (χ4v) is 3.55. The highest BCUT2D eigenvalue weighted by molar-refractivity contribution is 4.90. The fraction of sp³-hybridized carbons (Fsp3) is 1.00. The summed E-state index contributed by atoms with van der Waals surface area (Å²) in [6.45, 7) is 5.32. The van der Waals surface area contributed by atoms with E-state index in [1.165, 1.54) is 38.6 Å². The van der Waals surface area contributed by atoms with Crippen LogP contribution in [-0.2, 0) is 4.74 Å². The summed E-state index contributed by atoms with van der Waals surface area (Å²) < 4.78 is 4.99. The van der Waals surface area contributed by atoms with E-state index in [0.717, 1.165) is 44.0 Å². The van der Waals surface area contributed by atoms with Gasteiger partial charge in [0.1, 0.15) is 0 Å². The van der Waals surface area contributed by atoms with Crippen molar-refractivity contribution in [1.29, 1.82) is 0 Å². The molecule has 2 rings (SSSR count). The molecule has 0 aromatic carbocycles. The normalized spacial score (nSPS) is 31.2. The van der Waals surface area contributed by atoms with Gasteiger partial charge in [0.2, 0.25) is 0 Å². The molecule has 0 saturated heterocycles. The maximum atomic E-state index is 4.99. The molecule has 0 heterocycles. The molecule has 0 amide bonds. The predicted octanol–water partition coefficient (Wildman–Crippen LogP) is 1.64. The van der Waals surface area contributed by atoms with E-state index < -0.39 is 0 Å². The quantitative estimate of drug-likeness (QED) is 0.601. The van der Waals surface area contributed by atoms with Crippen molar-refractivity contribution in [2.45, 2.75) is 32.1 Å². The third-order valence-corrected chi connectivity index (χ3v) is 4.48. The minimum absolute atomic E-state index is 0.818. The van der Waals surface area contributed by atoms with Gasteiger partial charge in [-0.3, -0.25) is 0 Å². The molecule has 0 aliphatic heterocycles. The number of rotatable bonds is 9. The van der Waals surface area contributed by atoms with Gasteiger partial charge in [-0.2, -0.15) is 0 Å². The van der Waals surface area contributed by atoms with Crippen LogP contribution in [-0.4, -0.2) is 39.9 Å². The minimum atomic E-state index is 0.818. The highest BCUT2D eigenvalue weighted by Crippen LogP contribution is 2.47. The first-order chi connectivity index (χ1) is 8.40. The lowest BCUT2D eigenvalue weighted by molar-refractivity contribution is 0.199. The third-order valence-electron chi connectivity index (χ3n) is 4.48. The summed E-state index contributed by atoms with van der Waals surface area (Å²) in [5.41, 5.74) is 0. The van der Waals surface area contributed by atoms with E-state index in [1.807, 2.05) is 0 Å². The molecule has 2 fully saturated rings. The number of nitrogens with one attached hydrogen (secondary N) is 2. The van der Waals surface area contributed by atoms with Crippen molar-refractivity contribution in [1.82, 2.24) is 10.6 Å². The van der Waals surface area contributed by atoms with E-state index in [9.17, 15) is 0 Å². The molecule has 100 valence electrons. The molecular formula is C14H28N2O. The summed E-state index contributed by atoms with van der Waals surface area (Å²) in [6, 6.07) is 0. The predicted molar refractivity (Wildman–Crippen MR) is 71.2 cm³/mol. The molecule has 2 saturated carbocycles. The van der Waals surface area contributed by atoms with E-state index in [-0.39, 0.29) is 0 Å². The SMILES string of the molecule is COCCNCCCNCC1CC2CCC1C2. The number of methoxy groups -OCH3 is 1. The molecule has 2 aliphatic carbocycles. The van der Waals surface area contributed by atoms with Crippen LogP contribution in [0.2, 0.25) is 0 Å². The zero-order chi connectivity index (χ0) is 11.9. The second kappa shape index (κ2) is 7.34. The highest BCUT2D eigenvalue weighted by Gasteiger charge is 2.38. The zero-order valence-electron chi connectivity index (χ0n) is 11.2. The Morgan fingerprint density at radius 2 is 1.94 bits per heavy atom. The summed E-state index contributed by atoms with van der Waals surface area (Å²) in [5.74, 6) is 3.14. The van der Waals surface area contributed by atoms with Crippen LogP contribution in [0.1, 0.15) is 32.1 Å². The molecule has 0 spiro atoms. The molecule has 2 aliphatic rings. The molecular weight excluding hydrogens is 212 g/mol. The number of fused-ring (bicyclic) bond motifs is 2. The smallest absolute Gasteiger partial charge is 0.0587 e. The van der Waals surface area contributed by atoms with Crippen LogP contribution in [0.3, 0.4) is 0 Å². The Morgan fingerprint density at radius 1 is 1.06 bits per heavy atom. The van der Waals surface area contributed by atoms with Crippen LogP contribution in [0.15, 0.2) is 0 Å². The van der Waals surface area contributed by atoms with Gasteiger partial charge in [-0.25, -0.2) is 0 Å². The Kier molecular flexibility index (Phi) is 5.75. The highest BCUT2D eigenvalue weighted by atomic mass is 16.5. The standard InChI is InChI=1S/C14H28N2O/c1-17-8-7-15-5-2-6-16-11-14-10-12-3-4-13(14)9-12/h12-16H,2-11H2,1H3. The average molecular weight is 240 g/mol. The molecule has 3 atom stereocenters. The van der Waals surface area contributed by atoms with Gasteiger partial charge in [0.15, 0.2) is 0 Å². The topological polar surface area (TPSA) is 33.3 Å². The molecule has 2 N–H and O–H groups in total. The third kappa shape index (κ3) is 4.23. The van der Waals surface area contributed by atoms with Crippen molar-refractivity contribution < 1.29 is 4.74 Å². The van der Waals surface area contributed by atoms with Gasteiger partial charge in [0, 0.05) is 13.7 Å². The molecule has 0 radical (unpaired) electrons. The van der Waals surface area contributed by atoms with Gasteiger partial charge in [-0.15, -0.1) is 0 Å². The summed E-state index contributed by atoms with van der Waals surface area (Å²) in [4.78, 5) is 0. The van der Waals surface area contributed by atoms with Crippen LogP contribution in [0.5, 0.6) is 0 Å². The molecule has 0 aromatic rings. The second-order valence-corrected chi connectivity index (χ2v) is 5.74. The first-order valence-electron chi connectivity index (χ1n) is 7.30.